The molecule has 0 radical (unpaired) electrons. The van der Waals surface area contributed by atoms with Crippen molar-refractivity contribution in [3.05, 3.63) is 16.0 Å². The molecular weight excluding hydrogens is 296 g/mol. The molecule has 0 fully saturated rings. The van der Waals surface area contributed by atoms with Crippen molar-refractivity contribution in [3.63, 3.8) is 0 Å². The van der Waals surface area contributed by atoms with Gasteiger partial charge < -0.3 is 11.1 Å². The summed E-state index contributed by atoms with van der Waals surface area (Å²) >= 11 is 1.53. The third-order valence-corrected chi connectivity index (χ3v) is 5.44. The third-order valence-electron chi connectivity index (χ3n) is 4.27. The standard InChI is InChI=1S/C17H26N2O2S/c1-3-4-5-6-7-14(20)19-17-15(16(18)21)12-9-8-11(2)10-13(12)22-17/h11H,3-10H2,1-2H3,(H2,18,21)(H,19,20)/t11-/m0/s1. The maximum absolute atomic E-state index is 12.1. The van der Waals surface area contributed by atoms with Gasteiger partial charge in [-0.05, 0) is 37.2 Å². The molecule has 2 amide bonds. The zero-order valence-electron chi connectivity index (χ0n) is 13.5. The van der Waals surface area contributed by atoms with E-state index in [4.69, 9.17) is 5.73 Å². The maximum Gasteiger partial charge on any atom is 0.251 e. The summed E-state index contributed by atoms with van der Waals surface area (Å²) in [5.41, 5.74) is 7.17. The van der Waals surface area contributed by atoms with Gasteiger partial charge in [-0.25, -0.2) is 0 Å². The molecule has 0 bridgehead atoms. The summed E-state index contributed by atoms with van der Waals surface area (Å²) in [6.07, 6.45) is 7.74. The number of anilines is 1. The Morgan fingerprint density at radius 3 is 2.77 bits per heavy atom. The van der Waals surface area contributed by atoms with Crippen LogP contribution in [0.25, 0.3) is 0 Å². The molecule has 0 saturated heterocycles. The van der Waals surface area contributed by atoms with Gasteiger partial charge in [0.15, 0.2) is 0 Å². The number of primary amides is 1. The van der Waals surface area contributed by atoms with Crippen LogP contribution >= 0.6 is 11.3 Å². The van der Waals surface area contributed by atoms with Crippen molar-refractivity contribution in [2.45, 2.75) is 65.2 Å². The van der Waals surface area contributed by atoms with Gasteiger partial charge in [0.25, 0.3) is 5.91 Å². The number of rotatable bonds is 7. The number of unbranched alkanes of at least 4 members (excludes halogenated alkanes) is 3. The predicted octanol–water partition coefficient (Wildman–Crippen LogP) is 3.88. The summed E-state index contributed by atoms with van der Waals surface area (Å²) in [6.45, 7) is 4.37. The van der Waals surface area contributed by atoms with Crippen molar-refractivity contribution in [2.24, 2.45) is 11.7 Å². The molecule has 1 aromatic heterocycles. The normalized spacial score (nSPS) is 17.1. The van der Waals surface area contributed by atoms with Crippen molar-refractivity contribution in [1.82, 2.24) is 0 Å². The van der Waals surface area contributed by atoms with E-state index in [9.17, 15) is 9.59 Å². The first-order valence-corrected chi connectivity index (χ1v) is 9.08. The number of hydrogen-bond donors (Lipinski definition) is 2. The van der Waals surface area contributed by atoms with Crippen molar-refractivity contribution < 1.29 is 9.59 Å². The number of carbonyl (C=O) groups excluding carboxylic acids is 2. The topological polar surface area (TPSA) is 72.2 Å². The van der Waals surface area contributed by atoms with Gasteiger partial charge in [0.1, 0.15) is 5.00 Å². The summed E-state index contributed by atoms with van der Waals surface area (Å²) < 4.78 is 0. The number of nitrogens with two attached hydrogens (primary N) is 1. The lowest BCUT2D eigenvalue weighted by Crippen LogP contribution is -2.19. The molecule has 122 valence electrons. The highest BCUT2D eigenvalue weighted by Gasteiger charge is 2.27. The van der Waals surface area contributed by atoms with Gasteiger partial charge in [-0.3, -0.25) is 9.59 Å². The molecule has 4 nitrogen and oxygen atoms in total. The van der Waals surface area contributed by atoms with E-state index in [1.54, 1.807) is 0 Å². The first kappa shape index (κ1) is 17.0. The van der Waals surface area contributed by atoms with E-state index < -0.39 is 5.91 Å². The molecule has 0 unspecified atom stereocenters. The van der Waals surface area contributed by atoms with E-state index in [-0.39, 0.29) is 5.91 Å². The van der Waals surface area contributed by atoms with E-state index in [0.29, 0.717) is 22.9 Å². The van der Waals surface area contributed by atoms with Crippen LogP contribution in [0.15, 0.2) is 0 Å². The van der Waals surface area contributed by atoms with Crippen molar-refractivity contribution in [3.8, 4) is 0 Å². The van der Waals surface area contributed by atoms with Gasteiger partial charge in [-0.2, -0.15) is 0 Å². The lowest BCUT2D eigenvalue weighted by Gasteiger charge is -2.18. The highest BCUT2D eigenvalue weighted by Crippen LogP contribution is 2.39. The Hall–Kier alpha value is -1.36. The van der Waals surface area contributed by atoms with Crippen molar-refractivity contribution >= 4 is 28.2 Å². The quantitative estimate of drug-likeness (QED) is 0.748. The van der Waals surface area contributed by atoms with Crippen LogP contribution < -0.4 is 11.1 Å². The number of carbonyl (C=O) groups is 2. The van der Waals surface area contributed by atoms with Crippen LogP contribution in [0.2, 0.25) is 0 Å². The Balaban J connectivity index is 2.07. The summed E-state index contributed by atoms with van der Waals surface area (Å²) in [5, 5.41) is 3.58. The summed E-state index contributed by atoms with van der Waals surface area (Å²) in [4.78, 5) is 25.1. The van der Waals surface area contributed by atoms with Crippen LogP contribution in [0, 0.1) is 5.92 Å². The monoisotopic (exact) mass is 322 g/mol. The molecule has 1 aliphatic rings. The van der Waals surface area contributed by atoms with Gasteiger partial charge >= 0.3 is 0 Å². The van der Waals surface area contributed by atoms with Crippen LogP contribution in [0.3, 0.4) is 0 Å². The molecular formula is C17H26N2O2S. The lowest BCUT2D eigenvalue weighted by atomic mass is 9.88. The molecule has 1 heterocycles. The van der Waals surface area contributed by atoms with E-state index in [1.165, 1.54) is 16.2 Å². The highest BCUT2D eigenvalue weighted by atomic mass is 32.1. The molecule has 0 saturated carbocycles. The molecule has 3 N–H and O–H groups in total. The van der Waals surface area contributed by atoms with Gasteiger partial charge in [-0.1, -0.05) is 33.1 Å². The Bertz CT molecular complexity index is 551. The fourth-order valence-corrected chi connectivity index (χ4v) is 4.43. The zero-order valence-corrected chi connectivity index (χ0v) is 14.4. The fraction of sp³-hybridized carbons (Fsp3) is 0.647. The molecule has 5 heteroatoms. The minimum atomic E-state index is -0.423. The van der Waals surface area contributed by atoms with E-state index in [2.05, 4.69) is 19.2 Å². The first-order chi connectivity index (χ1) is 10.5. The maximum atomic E-state index is 12.1. The van der Waals surface area contributed by atoms with Gasteiger partial charge in [0.05, 0.1) is 5.56 Å². The second kappa shape index (κ2) is 7.77. The molecule has 0 aromatic carbocycles. The minimum absolute atomic E-state index is 0.00903. The van der Waals surface area contributed by atoms with Crippen LogP contribution in [0.1, 0.15) is 73.2 Å². The predicted molar refractivity (Wildman–Crippen MR) is 91.4 cm³/mol. The molecule has 1 aromatic rings. The highest BCUT2D eigenvalue weighted by molar-refractivity contribution is 7.17. The van der Waals surface area contributed by atoms with Gasteiger partial charge in [0, 0.05) is 11.3 Å². The fourth-order valence-electron chi connectivity index (χ4n) is 3.00. The molecule has 22 heavy (non-hydrogen) atoms. The second-order valence-electron chi connectivity index (χ2n) is 6.28. The van der Waals surface area contributed by atoms with E-state index in [0.717, 1.165) is 50.5 Å². The molecule has 0 aliphatic heterocycles. The lowest BCUT2D eigenvalue weighted by molar-refractivity contribution is -0.116. The smallest absolute Gasteiger partial charge is 0.251 e. The van der Waals surface area contributed by atoms with Crippen molar-refractivity contribution in [1.29, 1.82) is 0 Å². The first-order valence-electron chi connectivity index (χ1n) is 8.27. The largest absolute Gasteiger partial charge is 0.365 e. The van der Waals surface area contributed by atoms with Crippen LogP contribution in [0.5, 0.6) is 0 Å². The number of amides is 2. The number of thiophene rings is 1. The Labute approximate surface area is 136 Å². The SMILES string of the molecule is CCCCCCC(=O)Nc1sc2c(c1C(N)=O)CC[C@H](C)C2. The Kier molecular flexibility index (Phi) is 6.00. The summed E-state index contributed by atoms with van der Waals surface area (Å²) in [6, 6.07) is 0. The van der Waals surface area contributed by atoms with E-state index >= 15 is 0 Å². The molecule has 0 spiro atoms. The number of fused-ring (bicyclic) bond motifs is 1. The second-order valence-corrected chi connectivity index (χ2v) is 7.38. The molecule has 2 rings (SSSR count). The van der Waals surface area contributed by atoms with Crippen LogP contribution in [-0.2, 0) is 17.6 Å². The van der Waals surface area contributed by atoms with Gasteiger partial charge in [-0.15, -0.1) is 11.3 Å². The molecule has 1 atom stereocenters. The van der Waals surface area contributed by atoms with Gasteiger partial charge in [0.2, 0.25) is 5.91 Å². The summed E-state index contributed by atoms with van der Waals surface area (Å²) in [7, 11) is 0. The Morgan fingerprint density at radius 1 is 1.32 bits per heavy atom. The van der Waals surface area contributed by atoms with Crippen LogP contribution in [0.4, 0.5) is 5.00 Å². The van der Waals surface area contributed by atoms with Crippen molar-refractivity contribution in [2.75, 3.05) is 5.32 Å². The number of nitrogens with one attached hydrogen (secondary N) is 1. The summed E-state index contributed by atoms with van der Waals surface area (Å²) in [5.74, 6) is 0.197. The minimum Gasteiger partial charge on any atom is -0.365 e. The molecule has 1 aliphatic carbocycles. The zero-order chi connectivity index (χ0) is 16.1. The third kappa shape index (κ3) is 4.09. The Morgan fingerprint density at radius 2 is 2.09 bits per heavy atom. The average Bonchev–Trinajstić information content (AvgIpc) is 2.80. The van der Waals surface area contributed by atoms with Crippen LogP contribution in [-0.4, -0.2) is 11.8 Å². The number of hydrogen-bond acceptors (Lipinski definition) is 3. The average molecular weight is 322 g/mol. The van der Waals surface area contributed by atoms with E-state index in [1.807, 2.05) is 0 Å².